The van der Waals surface area contributed by atoms with Gasteiger partial charge in [-0.05, 0) is 29.7 Å². The molecule has 3 aromatic rings. The van der Waals surface area contributed by atoms with E-state index in [4.69, 9.17) is 10.00 Å². The lowest BCUT2D eigenvalue weighted by Crippen LogP contribution is -2.38. The van der Waals surface area contributed by atoms with E-state index in [1.807, 2.05) is 36.4 Å². The third kappa shape index (κ3) is 5.50. The molecule has 1 saturated heterocycles. The van der Waals surface area contributed by atoms with E-state index in [2.05, 4.69) is 34.3 Å². The molecule has 1 aliphatic rings. The summed E-state index contributed by atoms with van der Waals surface area (Å²) in [6, 6.07) is 20.2. The average Bonchev–Trinajstić information content (AvgIpc) is 3.18. The molecule has 0 atom stereocenters. The van der Waals surface area contributed by atoms with E-state index in [0.717, 1.165) is 37.4 Å². The van der Waals surface area contributed by atoms with Gasteiger partial charge in [0.05, 0.1) is 18.0 Å². The second kappa shape index (κ2) is 9.92. The van der Waals surface area contributed by atoms with Crippen LogP contribution in [0.4, 0.5) is 4.79 Å². The van der Waals surface area contributed by atoms with Crippen LogP contribution in [0.5, 0.6) is 5.75 Å². The molecule has 4 rings (SSSR count). The molecule has 2 aromatic carbocycles. The van der Waals surface area contributed by atoms with Gasteiger partial charge in [0.2, 0.25) is 0 Å². The van der Waals surface area contributed by atoms with Crippen molar-refractivity contribution in [3.8, 4) is 11.8 Å². The Morgan fingerprint density at radius 1 is 1.00 bits per heavy atom. The van der Waals surface area contributed by atoms with E-state index in [9.17, 15) is 4.79 Å². The smallest absolute Gasteiger partial charge is 0.344 e. The number of ether oxygens (including phenoxy) is 1. The topological polar surface area (TPSA) is 74.4 Å². The molecule has 7 nitrogen and oxygen atoms in total. The van der Waals surface area contributed by atoms with Crippen molar-refractivity contribution in [1.29, 1.82) is 5.26 Å². The zero-order valence-corrected chi connectivity index (χ0v) is 17.4. The molecule has 0 bridgehead atoms. The van der Waals surface area contributed by atoms with Gasteiger partial charge in [0, 0.05) is 32.7 Å². The molecule has 0 saturated carbocycles. The van der Waals surface area contributed by atoms with Crippen molar-refractivity contribution in [1.82, 2.24) is 19.6 Å². The first kappa shape index (κ1) is 20.6. The molecule has 0 unspecified atom stereocenters. The van der Waals surface area contributed by atoms with Crippen LogP contribution in [-0.4, -0.2) is 51.8 Å². The van der Waals surface area contributed by atoms with Gasteiger partial charge >= 0.3 is 6.03 Å². The maximum atomic E-state index is 12.6. The van der Waals surface area contributed by atoms with Crippen molar-refractivity contribution in [3.05, 3.63) is 83.7 Å². The van der Waals surface area contributed by atoms with Crippen LogP contribution in [0.25, 0.3) is 0 Å². The predicted octanol–water partition coefficient (Wildman–Crippen LogP) is 3.51. The van der Waals surface area contributed by atoms with Gasteiger partial charge in [0.25, 0.3) is 0 Å². The van der Waals surface area contributed by atoms with Gasteiger partial charge in [0.1, 0.15) is 18.4 Å². The second-order valence-electron chi connectivity index (χ2n) is 7.60. The predicted molar refractivity (Wildman–Crippen MR) is 116 cm³/mol. The van der Waals surface area contributed by atoms with Crippen LogP contribution in [0.1, 0.15) is 23.1 Å². The molecule has 1 fully saturated rings. The Bertz CT molecular complexity index is 1040. The SMILES string of the molecule is N#Cc1cnn(C(=O)N2CCCN(Cc3ccc(OCc4ccccc4)cc3)CC2)c1. The van der Waals surface area contributed by atoms with Gasteiger partial charge in [-0.3, -0.25) is 4.90 Å². The van der Waals surface area contributed by atoms with Crippen LogP contribution in [0, 0.1) is 11.3 Å². The minimum atomic E-state index is -0.178. The Labute approximate surface area is 182 Å². The van der Waals surface area contributed by atoms with Crippen molar-refractivity contribution in [2.75, 3.05) is 26.2 Å². The van der Waals surface area contributed by atoms with E-state index in [-0.39, 0.29) is 6.03 Å². The van der Waals surface area contributed by atoms with Crippen LogP contribution < -0.4 is 4.74 Å². The van der Waals surface area contributed by atoms with Crippen molar-refractivity contribution in [3.63, 3.8) is 0 Å². The third-order valence-electron chi connectivity index (χ3n) is 5.34. The number of aromatic nitrogens is 2. The zero-order valence-electron chi connectivity index (χ0n) is 17.4. The number of hydrogen-bond donors (Lipinski definition) is 0. The number of nitrogens with zero attached hydrogens (tertiary/aromatic N) is 5. The zero-order chi connectivity index (χ0) is 21.5. The number of carbonyl (C=O) groups is 1. The Hall–Kier alpha value is -3.63. The Morgan fingerprint density at radius 2 is 1.81 bits per heavy atom. The van der Waals surface area contributed by atoms with Crippen LogP contribution in [0.2, 0.25) is 0 Å². The lowest BCUT2D eigenvalue weighted by atomic mass is 10.2. The summed E-state index contributed by atoms with van der Waals surface area (Å²) < 4.78 is 7.12. The summed E-state index contributed by atoms with van der Waals surface area (Å²) in [6.07, 6.45) is 3.79. The maximum absolute atomic E-state index is 12.6. The fourth-order valence-electron chi connectivity index (χ4n) is 3.64. The van der Waals surface area contributed by atoms with Crippen LogP contribution in [0.15, 0.2) is 67.0 Å². The van der Waals surface area contributed by atoms with Crippen LogP contribution >= 0.6 is 0 Å². The minimum Gasteiger partial charge on any atom is -0.489 e. The van der Waals surface area contributed by atoms with Gasteiger partial charge in [-0.25, -0.2) is 4.79 Å². The minimum absolute atomic E-state index is 0.178. The highest BCUT2D eigenvalue weighted by Crippen LogP contribution is 2.16. The van der Waals surface area contributed by atoms with Crippen LogP contribution in [-0.2, 0) is 13.2 Å². The number of hydrogen-bond acceptors (Lipinski definition) is 5. The number of nitriles is 1. The third-order valence-corrected chi connectivity index (χ3v) is 5.34. The lowest BCUT2D eigenvalue weighted by molar-refractivity contribution is 0.196. The van der Waals surface area contributed by atoms with Gasteiger partial charge in [-0.15, -0.1) is 0 Å². The number of carbonyl (C=O) groups excluding carboxylic acids is 1. The molecular weight excluding hydrogens is 390 g/mol. The van der Waals surface area contributed by atoms with Gasteiger partial charge in [-0.2, -0.15) is 15.0 Å². The number of rotatable bonds is 5. The molecule has 1 amide bonds. The quantitative estimate of drug-likeness (QED) is 0.638. The molecule has 1 aliphatic heterocycles. The van der Waals surface area contributed by atoms with Gasteiger partial charge in [-0.1, -0.05) is 42.5 Å². The fourth-order valence-corrected chi connectivity index (χ4v) is 3.64. The van der Waals surface area contributed by atoms with Crippen molar-refractivity contribution < 1.29 is 9.53 Å². The molecule has 2 heterocycles. The molecule has 0 N–H and O–H groups in total. The first-order chi connectivity index (χ1) is 15.2. The largest absolute Gasteiger partial charge is 0.489 e. The molecule has 7 heteroatoms. The molecule has 0 spiro atoms. The fraction of sp³-hybridized carbons (Fsp3) is 0.292. The standard InChI is InChI=1S/C24H25N5O2/c25-15-22-16-26-29(18-22)24(30)28-12-4-11-27(13-14-28)17-20-7-9-23(10-8-20)31-19-21-5-2-1-3-6-21/h1-3,5-10,16,18H,4,11-14,17,19H2. The number of benzene rings is 2. The first-order valence-electron chi connectivity index (χ1n) is 10.4. The second-order valence-corrected chi connectivity index (χ2v) is 7.60. The molecule has 0 aliphatic carbocycles. The van der Waals surface area contributed by atoms with E-state index < -0.39 is 0 Å². The highest BCUT2D eigenvalue weighted by molar-refractivity contribution is 5.76. The molecular formula is C24H25N5O2. The van der Waals surface area contributed by atoms with Crippen molar-refractivity contribution >= 4 is 6.03 Å². The molecule has 31 heavy (non-hydrogen) atoms. The number of amides is 1. The van der Waals surface area contributed by atoms with E-state index >= 15 is 0 Å². The first-order valence-corrected chi connectivity index (χ1v) is 10.4. The molecule has 158 valence electrons. The van der Waals surface area contributed by atoms with E-state index in [1.54, 1.807) is 4.90 Å². The lowest BCUT2D eigenvalue weighted by Gasteiger charge is -2.22. The van der Waals surface area contributed by atoms with Crippen molar-refractivity contribution in [2.45, 2.75) is 19.6 Å². The van der Waals surface area contributed by atoms with E-state index in [1.165, 1.54) is 22.6 Å². The summed E-state index contributed by atoms with van der Waals surface area (Å²) in [6.45, 7) is 4.44. The van der Waals surface area contributed by atoms with Crippen molar-refractivity contribution in [2.24, 2.45) is 0 Å². The maximum Gasteiger partial charge on any atom is 0.344 e. The summed E-state index contributed by atoms with van der Waals surface area (Å²) in [5.41, 5.74) is 2.76. The highest BCUT2D eigenvalue weighted by atomic mass is 16.5. The monoisotopic (exact) mass is 415 g/mol. The molecule has 0 radical (unpaired) electrons. The Balaban J connectivity index is 1.28. The molecule has 1 aromatic heterocycles. The summed E-state index contributed by atoms with van der Waals surface area (Å²) >= 11 is 0. The van der Waals surface area contributed by atoms with Crippen LogP contribution in [0.3, 0.4) is 0 Å². The van der Waals surface area contributed by atoms with Gasteiger partial charge in [0.15, 0.2) is 0 Å². The van der Waals surface area contributed by atoms with E-state index in [0.29, 0.717) is 25.3 Å². The summed E-state index contributed by atoms with van der Waals surface area (Å²) in [5.74, 6) is 0.858. The summed E-state index contributed by atoms with van der Waals surface area (Å²) in [7, 11) is 0. The normalized spacial score (nSPS) is 14.6. The average molecular weight is 415 g/mol. The summed E-state index contributed by atoms with van der Waals surface area (Å²) in [4.78, 5) is 16.8. The summed E-state index contributed by atoms with van der Waals surface area (Å²) in [5, 5.41) is 12.9. The Morgan fingerprint density at radius 3 is 2.55 bits per heavy atom. The highest BCUT2D eigenvalue weighted by Gasteiger charge is 2.21. The van der Waals surface area contributed by atoms with Gasteiger partial charge < -0.3 is 9.64 Å². The Kier molecular flexibility index (Phi) is 6.60.